The van der Waals surface area contributed by atoms with Crippen molar-refractivity contribution in [1.29, 1.82) is 0 Å². The summed E-state index contributed by atoms with van der Waals surface area (Å²) in [6.07, 6.45) is 1.82. The number of nitrogens with zero attached hydrogens (tertiary/aromatic N) is 4. The van der Waals surface area contributed by atoms with Gasteiger partial charge >= 0.3 is 0 Å². The zero-order valence-electron chi connectivity index (χ0n) is 17.4. The molecule has 0 aliphatic carbocycles. The highest BCUT2D eigenvalue weighted by molar-refractivity contribution is 7.25. The monoisotopic (exact) mass is 440 g/mol. The molecule has 5 heteroatoms. The van der Waals surface area contributed by atoms with Crippen molar-refractivity contribution in [2.24, 2.45) is 0 Å². The minimum absolute atomic E-state index is 0.883. The lowest BCUT2D eigenvalue weighted by Crippen LogP contribution is -1.95. The third kappa shape index (κ3) is 2.19. The number of hydrogen-bond donors (Lipinski definition) is 0. The van der Waals surface area contributed by atoms with Gasteiger partial charge in [0.25, 0.3) is 0 Å². The summed E-state index contributed by atoms with van der Waals surface area (Å²) in [5.41, 5.74) is 5.61. The molecule has 4 nitrogen and oxygen atoms in total. The van der Waals surface area contributed by atoms with Gasteiger partial charge in [0.2, 0.25) is 0 Å². The summed E-state index contributed by atoms with van der Waals surface area (Å²) in [7, 11) is 0. The standard InChI is InChI=1S/C28H16N4S/c1-2-8-18-17(7-1)14-15-20-19-9-3-4-11-22(19)31(25(18)20)23-12-5-10-21-26-28(33-27(21)23)30-24-13-6-16-29-32(24)26/h1-16H. The summed E-state index contributed by atoms with van der Waals surface area (Å²) in [4.78, 5) is 5.87. The molecule has 0 spiro atoms. The van der Waals surface area contributed by atoms with Gasteiger partial charge in [-0.2, -0.15) is 5.10 Å². The second-order valence-corrected chi connectivity index (χ2v) is 9.35. The van der Waals surface area contributed by atoms with Crippen molar-refractivity contribution in [3.05, 3.63) is 97.2 Å². The Labute approximate surface area is 191 Å². The molecule has 8 aromatic rings. The number of thiophene rings is 1. The highest BCUT2D eigenvalue weighted by Gasteiger charge is 2.20. The first-order chi connectivity index (χ1) is 16.4. The maximum atomic E-state index is 4.86. The molecular weight excluding hydrogens is 424 g/mol. The summed E-state index contributed by atoms with van der Waals surface area (Å²) >= 11 is 1.74. The lowest BCUT2D eigenvalue weighted by Gasteiger charge is -2.11. The van der Waals surface area contributed by atoms with Crippen molar-refractivity contribution < 1.29 is 0 Å². The van der Waals surface area contributed by atoms with Crippen molar-refractivity contribution in [3.63, 3.8) is 0 Å². The highest BCUT2D eigenvalue weighted by atomic mass is 32.1. The van der Waals surface area contributed by atoms with Gasteiger partial charge in [0, 0.05) is 27.7 Å². The van der Waals surface area contributed by atoms with E-state index in [4.69, 9.17) is 4.98 Å². The molecule has 0 saturated heterocycles. The minimum Gasteiger partial charge on any atom is -0.307 e. The number of rotatable bonds is 1. The van der Waals surface area contributed by atoms with Crippen LogP contribution in [0, 0.1) is 0 Å². The lowest BCUT2D eigenvalue weighted by molar-refractivity contribution is 0.968. The fourth-order valence-corrected chi connectivity index (χ4v) is 6.40. The van der Waals surface area contributed by atoms with Crippen molar-refractivity contribution in [2.75, 3.05) is 0 Å². The second-order valence-electron chi connectivity index (χ2n) is 8.35. The predicted octanol–water partition coefficient (Wildman–Crippen LogP) is 7.35. The van der Waals surface area contributed by atoms with E-state index in [9.17, 15) is 0 Å². The maximum absolute atomic E-state index is 4.86. The van der Waals surface area contributed by atoms with Crippen LogP contribution in [0.3, 0.4) is 0 Å². The van der Waals surface area contributed by atoms with Gasteiger partial charge in [0.1, 0.15) is 10.3 Å². The number of imidazole rings is 1. The third-order valence-corrected chi connectivity index (χ3v) is 7.72. The van der Waals surface area contributed by atoms with Gasteiger partial charge in [-0.1, -0.05) is 66.7 Å². The Hall–Kier alpha value is -4.22. The quantitative estimate of drug-likeness (QED) is 0.267. The third-order valence-electron chi connectivity index (χ3n) is 6.61. The summed E-state index contributed by atoms with van der Waals surface area (Å²) in [5, 5.41) is 10.8. The molecule has 0 N–H and O–H groups in total. The highest BCUT2D eigenvalue weighted by Crippen LogP contribution is 2.42. The molecular formula is C28H16N4S. The van der Waals surface area contributed by atoms with Crippen LogP contribution < -0.4 is 0 Å². The van der Waals surface area contributed by atoms with E-state index in [0.29, 0.717) is 0 Å². The van der Waals surface area contributed by atoms with E-state index in [0.717, 1.165) is 16.0 Å². The van der Waals surface area contributed by atoms with E-state index >= 15 is 0 Å². The van der Waals surface area contributed by atoms with E-state index in [1.54, 1.807) is 11.3 Å². The Balaban J connectivity index is 1.60. The zero-order valence-corrected chi connectivity index (χ0v) is 18.3. The summed E-state index contributed by atoms with van der Waals surface area (Å²) in [6.45, 7) is 0. The molecule has 0 atom stereocenters. The van der Waals surface area contributed by atoms with Gasteiger partial charge in [0.15, 0.2) is 5.65 Å². The second kappa shape index (κ2) is 6.18. The van der Waals surface area contributed by atoms with Crippen LogP contribution in [0.1, 0.15) is 0 Å². The molecule has 0 unspecified atom stereocenters. The van der Waals surface area contributed by atoms with Gasteiger partial charge in [-0.25, -0.2) is 9.50 Å². The molecule has 0 aliphatic rings. The van der Waals surface area contributed by atoms with Crippen LogP contribution >= 0.6 is 11.3 Å². The van der Waals surface area contributed by atoms with Gasteiger partial charge in [-0.3, -0.25) is 0 Å². The first kappa shape index (κ1) is 17.3. The van der Waals surface area contributed by atoms with Gasteiger partial charge < -0.3 is 4.57 Å². The Morgan fingerprint density at radius 3 is 2.45 bits per heavy atom. The molecule has 0 aliphatic heterocycles. The predicted molar refractivity (Wildman–Crippen MR) is 138 cm³/mol. The fourth-order valence-electron chi connectivity index (χ4n) is 5.24. The molecule has 0 radical (unpaired) electrons. The van der Waals surface area contributed by atoms with Gasteiger partial charge in [0.05, 0.1) is 21.4 Å². The normalized spacial score (nSPS) is 12.2. The number of hydrogen-bond acceptors (Lipinski definition) is 3. The Morgan fingerprint density at radius 2 is 1.48 bits per heavy atom. The van der Waals surface area contributed by atoms with Crippen LogP contribution in [0.2, 0.25) is 0 Å². The van der Waals surface area contributed by atoms with Crippen molar-refractivity contribution in [1.82, 2.24) is 19.2 Å². The first-order valence-corrected chi connectivity index (χ1v) is 11.8. The molecule has 33 heavy (non-hydrogen) atoms. The van der Waals surface area contributed by atoms with Crippen LogP contribution in [0.4, 0.5) is 0 Å². The van der Waals surface area contributed by atoms with E-state index in [1.165, 1.54) is 48.4 Å². The number of aromatic nitrogens is 4. The average Bonchev–Trinajstić information content (AvgIpc) is 3.52. The molecule has 0 saturated carbocycles. The van der Waals surface area contributed by atoms with Crippen LogP contribution in [-0.4, -0.2) is 19.2 Å². The molecule has 4 heterocycles. The minimum atomic E-state index is 0.883. The molecule has 4 aromatic carbocycles. The van der Waals surface area contributed by atoms with Crippen LogP contribution in [0.25, 0.3) is 64.3 Å². The Morgan fingerprint density at radius 1 is 0.636 bits per heavy atom. The molecule has 0 fully saturated rings. The molecule has 0 bridgehead atoms. The van der Waals surface area contributed by atoms with Crippen LogP contribution in [0.5, 0.6) is 0 Å². The number of para-hydroxylation sites is 1. The van der Waals surface area contributed by atoms with E-state index < -0.39 is 0 Å². The van der Waals surface area contributed by atoms with E-state index in [1.807, 2.05) is 22.8 Å². The number of fused-ring (bicyclic) bond motifs is 10. The lowest BCUT2D eigenvalue weighted by atomic mass is 10.1. The van der Waals surface area contributed by atoms with E-state index in [-0.39, 0.29) is 0 Å². The number of benzene rings is 4. The Bertz CT molecular complexity index is 2040. The smallest absolute Gasteiger partial charge is 0.155 e. The van der Waals surface area contributed by atoms with Crippen molar-refractivity contribution >= 4 is 70.0 Å². The Kier molecular flexibility index (Phi) is 3.25. The maximum Gasteiger partial charge on any atom is 0.155 e. The largest absolute Gasteiger partial charge is 0.307 e. The molecule has 0 amide bonds. The van der Waals surface area contributed by atoms with E-state index in [2.05, 4.69) is 88.5 Å². The van der Waals surface area contributed by atoms with Crippen LogP contribution in [0.15, 0.2) is 97.2 Å². The molecule has 4 aromatic heterocycles. The summed E-state index contributed by atoms with van der Waals surface area (Å²) in [6, 6.07) is 32.3. The first-order valence-electron chi connectivity index (χ1n) is 10.9. The van der Waals surface area contributed by atoms with Crippen LogP contribution in [-0.2, 0) is 0 Å². The molecule has 154 valence electrons. The average molecular weight is 441 g/mol. The zero-order chi connectivity index (χ0) is 21.5. The van der Waals surface area contributed by atoms with Gasteiger partial charge in [-0.05, 0) is 29.7 Å². The molecule has 8 rings (SSSR count). The summed E-state index contributed by atoms with van der Waals surface area (Å²) in [5.74, 6) is 0. The summed E-state index contributed by atoms with van der Waals surface area (Å²) < 4.78 is 5.62. The van der Waals surface area contributed by atoms with Crippen molar-refractivity contribution in [2.45, 2.75) is 0 Å². The fraction of sp³-hybridized carbons (Fsp3) is 0. The van der Waals surface area contributed by atoms with Crippen molar-refractivity contribution in [3.8, 4) is 5.69 Å². The van der Waals surface area contributed by atoms with Gasteiger partial charge in [-0.15, -0.1) is 11.3 Å². The topological polar surface area (TPSA) is 35.1 Å². The SMILES string of the molecule is c1ccc2c(c1)ccc1c3ccccc3n(-c3cccc4c3sc3nc5cccnn5c34)c21.